The van der Waals surface area contributed by atoms with Gasteiger partial charge < -0.3 is 5.32 Å². The third-order valence-corrected chi connectivity index (χ3v) is 4.70. The van der Waals surface area contributed by atoms with E-state index in [-0.39, 0.29) is 18.0 Å². The van der Waals surface area contributed by atoms with Crippen LogP contribution in [0.4, 0.5) is 0 Å². The van der Waals surface area contributed by atoms with Crippen molar-refractivity contribution in [1.29, 1.82) is 0 Å². The number of hydrogen-bond donors (Lipinski definition) is 1. The summed E-state index contributed by atoms with van der Waals surface area (Å²) >= 11 is 0. The second-order valence-corrected chi connectivity index (χ2v) is 6.94. The van der Waals surface area contributed by atoms with E-state index >= 15 is 0 Å². The van der Waals surface area contributed by atoms with Gasteiger partial charge in [0.25, 0.3) is 5.56 Å². The number of nitrogens with one attached hydrogen (secondary N) is 1. The third-order valence-electron chi connectivity index (χ3n) is 4.70. The maximum atomic E-state index is 12.8. The molecular weight excluding hydrogens is 354 g/mol. The van der Waals surface area contributed by atoms with Crippen LogP contribution < -0.4 is 10.9 Å². The number of nitrogens with zero attached hydrogens (tertiary/aromatic N) is 4. The molecule has 0 saturated heterocycles. The fourth-order valence-corrected chi connectivity index (χ4v) is 3.07. The number of carbonyl (C=O) groups is 1. The summed E-state index contributed by atoms with van der Waals surface area (Å²) in [7, 11) is 0. The maximum Gasteiger partial charge on any atom is 0.258 e. The van der Waals surface area contributed by atoms with Gasteiger partial charge in [0.05, 0.1) is 5.69 Å². The normalized spacial score (nSPS) is 10.9. The Bertz CT molecular complexity index is 1050. The summed E-state index contributed by atoms with van der Waals surface area (Å²) in [5, 5.41) is 7.31. The van der Waals surface area contributed by atoms with Gasteiger partial charge in [0.1, 0.15) is 6.54 Å². The first kappa shape index (κ1) is 19.5. The topological polar surface area (TPSA) is 81.8 Å². The van der Waals surface area contributed by atoms with Crippen LogP contribution in [-0.4, -0.2) is 31.8 Å². The lowest BCUT2D eigenvalue weighted by atomic mass is 10.1. The predicted octanol–water partition coefficient (Wildman–Crippen LogP) is 2.02. The Kier molecular flexibility index (Phi) is 5.73. The summed E-state index contributed by atoms with van der Waals surface area (Å²) in [5.74, 6) is 0.128. The van der Waals surface area contributed by atoms with Crippen molar-refractivity contribution in [2.45, 2.75) is 40.7 Å². The molecule has 0 saturated carbocycles. The van der Waals surface area contributed by atoms with Crippen LogP contribution in [0.15, 0.2) is 41.2 Å². The molecule has 0 bridgehead atoms. The van der Waals surface area contributed by atoms with Crippen LogP contribution in [0.3, 0.4) is 0 Å². The van der Waals surface area contributed by atoms with Gasteiger partial charge in [-0.3, -0.25) is 14.2 Å². The van der Waals surface area contributed by atoms with Crippen LogP contribution in [0.5, 0.6) is 0 Å². The van der Waals surface area contributed by atoms with E-state index in [9.17, 15) is 9.59 Å². The average molecular weight is 379 g/mol. The molecule has 0 radical (unpaired) electrons. The van der Waals surface area contributed by atoms with Crippen molar-refractivity contribution >= 4 is 5.91 Å². The molecule has 0 aliphatic rings. The molecule has 3 rings (SSSR count). The van der Waals surface area contributed by atoms with E-state index in [1.165, 1.54) is 4.57 Å². The maximum absolute atomic E-state index is 12.8. The second-order valence-electron chi connectivity index (χ2n) is 6.94. The SMILES string of the molecule is Cc1cc(C)n(-c2nc(C)c(C)c(=O)n2CC(=O)NCCc2ccccc2)n1. The minimum Gasteiger partial charge on any atom is -0.354 e. The zero-order valence-corrected chi connectivity index (χ0v) is 16.7. The smallest absolute Gasteiger partial charge is 0.258 e. The molecule has 28 heavy (non-hydrogen) atoms. The van der Waals surface area contributed by atoms with Crippen molar-refractivity contribution in [2.75, 3.05) is 6.54 Å². The van der Waals surface area contributed by atoms with E-state index in [1.807, 2.05) is 50.2 Å². The molecule has 0 fully saturated rings. The molecule has 7 heteroatoms. The first-order chi connectivity index (χ1) is 13.4. The molecule has 0 spiro atoms. The van der Waals surface area contributed by atoms with Gasteiger partial charge in [-0.15, -0.1) is 0 Å². The Hall–Kier alpha value is -3.22. The number of rotatable bonds is 6. The van der Waals surface area contributed by atoms with E-state index in [1.54, 1.807) is 18.5 Å². The monoisotopic (exact) mass is 379 g/mol. The number of aromatic nitrogens is 4. The summed E-state index contributed by atoms with van der Waals surface area (Å²) in [5.41, 5.74) is 3.76. The molecule has 2 heterocycles. The first-order valence-electron chi connectivity index (χ1n) is 9.29. The Balaban J connectivity index is 1.82. The largest absolute Gasteiger partial charge is 0.354 e. The third kappa shape index (κ3) is 4.19. The highest BCUT2D eigenvalue weighted by Gasteiger charge is 2.17. The standard InChI is InChI=1S/C21H25N5O2/c1-14-12-15(2)26(24-14)21-23-17(4)16(3)20(28)25(21)13-19(27)22-11-10-18-8-6-5-7-9-18/h5-9,12H,10-11,13H2,1-4H3,(H,22,27). The number of amides is 1. The fourth-order valence-electron chi connectivity index (χ4n) is 3.07. The van der Waals surface area contributed by atoms with Crippen LogP contribution in [0.25, 0.3) is 5.95 Å². The Labute approximate surface area is 164 Å². The van der Waals surface area contributed by atoms with Gasteiger partial charge in [-0.2, -0.15) is 5.10 Å². The van der Waals surface area contributed by atoms with Crippen LogP contribution in [0, 0.1) is 27.7 Å². The second kappa shape index (κ2) is 8.21. The van der Waals surface area contributed by atoms with Crippen LogP contribution in [0.2, 0.25) is 0 Å². The minimum atomic E-state index is -0.231. The quantitative estimate of drug-likeness (QED) is 0.710. The van der Waals surface area contributed by atoms with E-state index in [0.717, 1.165) is 23.4 Å². The van der Waals surface area contributed by atoms with Gasteiger partial charge in [-0.1, -0.05) is 30.3 Å². The van der Waals surface area contributed by atoms with E-state index < -0.39 is 0 Å². The molecule has 2 aromatic heterocycles. The highest BCUT2D eigenvalue weighted by Crippen LogP contribution is 2.11. The summed E-state index contributed by atoms with van der Waals surface area (Å²) in [6.45, 7) is 7.69. The van der Waals surface area contributed by atoms with Crippen molar-refractivity contribution in [3.8, 4) is 5.95 Å². The zero-order chi connectivity index (χ0) is 20.3. The average Bonchev–Trinajstić information content (AvgIpc) is 3.01. The molecule has 0 atom stereocenters. The van der Waals surface area contributed by atoms with E-state index in [2.05, 4.69) is 15.4 Å². The van der Waals surface area contributed by atoms with Crippen molar-refractivity contribution in [2.24, 2.45) is 0 Å². The molecule has 1 N–H and O–H groups in total. The van der Waals surface area contributed by atoms with Crippen LogP contribution >= 0.6 is 0 Å². The van der Waals surface area contributed by atoms with Crippen molar-refractivity contribution in [3.63, 3.8) is 0 Å². The highest BCUT2D eigenvalue weighted by molar-refractivity contribution is 5.76. The number of benzene rings is 1. The Morgan fingerprint density at radius 2 is 1.82 bits per heavy atom. The van der Waals surface area contributed by atoms with Crippen molar-refractivity contribution in [3.05, 3.63) is 75.0 Å². The van der Waals surface area contributed by atoms with Crippen molar-refractivity contribution < 1.29 is 4.79 Å². The number of aryl methyl sites for hydroxylation is 3. The lowest BCUT2D eigenvalue weighted by Gasteiger charge is -2.15. The molecule has 7 nitrogen and oxygen atoms in total. The molecule has 1 aromatic carbocycles. The van der Waals surface area contributed by atoms with Gasteiger partial charge in [0.2, 0.25) is 11.9 Å². The molecule has 146 valence electrons. The van der Waals surface area contributed by atoms with Gasteiger partial charge in [0.15, 0.2) is 0 Å². The summed E-state index contributed by atoms with van der Waals surface area (Å²) in [6.07, 6.45) is 0.733. The fraction of sp³-hybridized carbons (Fsp3) is 0.333. The zero-order valence-electron chi connectivity index (χ0n) is 16.7. The molecule has 0 unspecified atom stereocenters. The lowest BCUT2D eigenvalue weighted by molar-refractivity contribution is -0.121. The van der Waals surface area contributed by atoms with Crippen molar-refractivity contribution in [1.82, 2.24) is 24.6 Å². The summed E-state index contributed by atoms with van der Waals surface area (Å²) < 4.78 is 3.00. The van der Waals surface area contributed by atoms with Crippen LogP contribution in [-0.2, 0) is 17.8 Å². The highest BCUT2D eigenvalue weighted by atomic mass is 16.2. The minimum absolute atomic E-state index is 0.102. The first-order valence-corrected chi connectivity index (χ1v) is 9.29. The van der Waals surface area contributed by atoms with Gasteiger partial charge in [-0.05, 0) is 45.7 Å². The molecule has 0 aliphatic heterocycles. The van der Waals surface area contributed by atoms with E-state index in [0.29, 0.717) is 23.8 Å². The Morgan fingerprint density at radius 3 is 2.46 bits per heavy atom. The van der Waals surface area contributed by atoms with Gasteiger partial charge in [0, 0.05) is 23.5 Å². The number of hydrogen-bond acceptors (Lipinski definition) is 4. The van der Waals surface area contributed by atoms with Gasteiger partial charge >= 0.3 is 0 Å². The summed E-state index contributed by atoms with van der Waals surface area (Å²) in [6, 6.07) is 11.8. The predicted molar refractivity (Wildman–Crippen MR) is 108 cm³/mol. The number of carbonyl (C=O) groups excluding carboxylic acids is 1. The summed E-state index contributed by atoms with van der Waals surface area (Å²) in [4.78, 5) is 29.9. The van der Waals surface area contributed by atoms with E-state index in [4.69, 9.17) is 0 Å². The molecular formula is C21H25N5O2. The molecule has 0 aliphatic carbocycles. The lowest BCUT2D eigenvalue weighted by Crippen LogP contribution is -2.37. The Morgan fingerprint density at radius 1 is 1.11 bits per heavy atom. The van der Waals surface area contributed by atoms with Gasteiger partial charge in [-0.25, -0.2) is 9.67 Å². The molecule has 3 aromatic rings. The van der Waals surface area contributed by atoms with Crippen LogP contribution in [0.1, 0.15) is 28.2 Å². The molecule has 1 amide bonds.